The molecule has 0 heterocycles. The van der Waals surface area contributed by atoms with Crippen molar-refractivity contribution < 1.29 is 0 Å². The molecular weight excluding hydrogens is 178 g/mol. The summed E-state index contributed by atoms with van der Waals surface area (Å²) >= 11 is 3.48. The summed E-state index contributed by atoms with van der Waals surface area (Å²) in [5.74, 6) is 0. The number of hydrogen-bond donors (Lipinski definition) is 1. The highest BCUT2D eigenvalue weighted by molar-refractivity contribution is 9.09. The van der Waals surface area contributed by atoms with Crippen LogP contribution in [0.15, 0.2) is 12.3 Å². The van der Waals surface area contributed by atoms with Crippen molar-refractivity contribution in [3.05, 3.63) is 12.3 Å². The van der Waals surface area contributed by atoms with Gasteiger partial charge in [0.25, 0.3) is 0 Å². The molecule has 0 aromatic heterocycles. The van der Waals surface area contributed by atoms with E-state index in [2.05, 4.69) is 41.7 Å². The maximum Gasteiger partial charge on any atom is 0.0534 e. The summed E-state index contributed by atoms with van der Waals surface area (Å²) in [6.45, 7) is 9.01. The maximum atomic E-state index is 3.86. The van der Waals surface area contributed by atoms with E-state index in [-0.39, 0.29) is 0 Å². The fraction of sp³-hybridized carbons (Fsp3) is 0.714. The molecule has 1 unspecified atom stereocenters. The van der Waals surface area contributed by atoms with Crippen LogP contribution in [0.25, 0.3) is 0 Å². The zero-order valence-electron chi connectivity index (χ0n) is 6.08. The summed E-state index contributed by atoms with van der Waals surface area (Å²) in [6, 6.07) is 0. The van der Waals surface area contributed by atoms with Gasteiger partial charge in [0.15, 0.2) is 0 Å². The van der Waals surface area contributed by atoms with Crippen molar-refractivity contribution in [2.24, 2.45) is 0 Å². The monoisotopic (exact) mass is 191 g/mol. The third-order valence-corrected chi connectivity index (χ3v) is 2.34. The van der Waals surface area contributed by atoms with Crippen LogP contribution >= 0.6 is 15.9 Å². The molecule has 0 aromatic rings. The van der Waals surface area contributed by atoms with Gasteiger partial charge in [0.05, 0.1) is 4.83 Å². The lowest BCUT2D eigenvalue weighted by Gasteiger charge is -2.10. The summed E-state index contributed by atoms with van der Waals surface area (Å²) in [6.07, 6.45) is 1.09. The summed E-state index contributed by atoms with van der Waals surface area (Å²) in [5.41, 5.74) is 1.08. The molecule has 0 spiro atoms. The van der Waals surface area contributed by atoms with E-state index in [1.54, 1.807) is 0 Å². The van der Waals surface area contributed by atoms with E-state index in [0.717, 1.165) is 18.7 Å². The molecule has 0 aliphatic carbocycles. The number of rotatable bonds is 4. The van der Waals surface area contributed by atoms with E-state index in [1.165, 1.54) is 0 Å². The van der Waals surface area contributed by atoms with Gasteiger partial charge >= 0.3 is 0 Å². The molecule has 2 heteroatoms. The number of hydrogen-bond acceptors (Lipinski definition) is 1. The summed E-state index contributed by atoms with van der Waals surface area (Å²) in [5, 5.41) is 3.15. The largest absolute Gasteiger partial charge is 0.388 e. The molecule has 54 valence electrons. The van der Waals surface area contributed by atoms with Gasteiger partial charge in [-0.25, -0.2) is 0 Å². The third kappa shape index (κ3) is 3.57. The lowest BCUT2D eigenvalue weighted by molar-refractivity contribution is 0.784. The zero-order chi connectivity index (χ0) is 7.28. The van der Waals surface area contributed by atoms with Crippen molar-refractivity contribution in [1.29, 1.82) is 0 Å². The Balaban J connectivity index is 3.46. The first kappa shape index (κ1) is 9.02. The van der Waals surface area contributed by atoms with Gasteiger partial charge < -0.3 is 5.32 Å². The SMILES string of the molecule is C=C(NCC)C(Br)CC. The van der Waals surface area contributed by atoms with E-state index in [0.29, 0.717) is 4.83 Å². The lowest BCUT2D eigenvalue weighted by Crippen LogP contribution is -2.18. The molecule has 0 radical (unpaired) electrons. The Hall–Kier alpha value is 0.0200. The summed E-state index contributed by atoms with van der Waals surface area (Å²) in [4.78, 5) is 0.428. The predicted octanol–water partition coefficient (Wildman–Crippen LogP) is 2.28. The molecule has 1 N–H and O–H groups in total. The van der Waals surface area contributed by atoms with Gasteiger partial charge in [-0.1, -0.05) is 29.4 Å². The molecule has 0 aromatic carbocycles. The van der Waals surface area contributed by atoms with Crippen molar-refractivity contribution in [3.63, 3.8) is 0 Å². The van der Waals surface area contributed by atoms with Crippen molar-refractivity contribution in [1.82, 2.24) is 5.32 Å². The van der Waals surface area contributed by atoms with E-state index >= 15 is 0 Å². The van der Waals surface area contributed by atoms with Crippen LogP contribution < -0.4 is 5.32 Å². The molecule has 1 nitrogen and oxygen atoms in total. The average Bonchev–Trinajstić information content (AvgIpc) is 1.87. The highest BCUT2D eigenvalue weighted by Crippen LogP contribution is 2.10. The van der Waals surface area contributed by atoms with Gasteiger partial charge in [-0.2, -0.15) is 0 Å². The third-order valence-electron chi connectivity index (χ3n) is 1.14. The molecule has 0 aliphatic rings. The highest BCUT2D eigenvalue weighted by atomic mass is 79.9. The van der Waals surface area contributed by atoms with Crippen molar-refractivity contribution in [3.8, 4) is 0 Å². The van der Waals surface area contributed by atoms with Crippen molar-refractivity contribution in [2.45, 2.75) is 25.1 Å². The molecule has 9 heavy (non-hydrogen) atoms. The number of halogens is 1. The molecule has 0 fully saturated rings. The Labute approximate surface area is 65.7 Å². The molecule has 1 atom stereocenters. The Bertz CT molecular complexity index is 90.9. The minimum Gasteiger partial charge on any atom is -0.388 e. The van der Waals surface area contributed by atoms with Gasteiger partial charge in [0, 0.05) is 12.2 Å². The Morgan fingerprint density at radius 2 is 2.22 bits per heavy atom. The van der Waals surface area contributed by atoms with Gasteiger partial charge in [0.1, 0.15) is 0 Å². The van der Waals surface area contributed by atoms with E-state index < -0.39 is 0 Å². The summed E-state index contributed by atoms with van der Waals surface area (Å²) < 4.78 is 0. The molecule has 0 saturated heterocycles. The van der Waals surface area contributed by atoms with Crippen molar-refractivity contribution >= 4 is 15.9 Å². The first-order valence-electron chi connectivity index (χ1n) is 3.29. The smallest absolute Gasteiger partial charge is 0.0534 e. The summed E-state index contributed by atoms with van der Waals surface area (Å²) in [7, 11) is 0. The van der Waals surface area contributed by atoms with Gasteiger partial charge in [-0.3, -0.25) is 0 Å². The van der Waals surface area contributed by atoms with Crippen molar-refractivity contribution in [2.75, 3.05) is 6.54 Å². The van der Waals surface area contributed by atoms with Crippen LogP contribution in [0.2, 0.25) is 0 Å². The first-order chi connectivity index (χ1) is 4.22. The van der Waals surface area contributed by atoms with Crippen LogP contribution in [0.5, 0.6) is 0 Å². The predicted molar refractivity (Wildman–Crippen MR) is 45.8 cm³/mol. The Morgan fingerprint density at radius 1 is 1.67 bits per heavy atom. The van der Waals surface area contributed by atoms with Gasteiger partial charge in [-0.05, 0) is 13.3 Å². The zero-order valence-corrected chi connectivity index (χ0v) is 7.66. The molecule has 0 rings (SSSR count). The normalized spacial score (nSPS) is 12.8. The second kappa shape index (κ2) is 4.86. The molecule has 0 saturated carbocycles. The molecule has 0 amide bonds. The standard InChI is InChI=1S/C7H14BrN/c1-4-7(8)6(3)9-5-2/h7,9H,3-5H2,1-2H3. The quantitative estimate of drug-likeness (QED) is 0.674. The lowest BCUT2D eigenvalue weighted by atomic mass is 10.3. The number of nitrogens with one attached hydrogen (secondary N) is 1. The van der Waals surface area contributed by atoms with Crippen LogP contribution in [0.4, 0.5) is 0 Å². The fourth-order valence-electron chi connectivity index (χ4n) is 0.584. The topological polar surface area (TPSA) is 12.0 Å². The fourth-order valence-corrected chi connectivity index (χ4v) is 0.746. The second-order valence-electron chi connectivity index (χ2n) is 1.93. The van der Waals surface area contributed by atoms with Crippen LogP contribution in [0.3, 0.4) is 0 Å². The minimum absolute atomic E-state index is 0.428. The van der Waals surface area contributed by atoms with Gasteiger partial charge in [-0.15, -0.1) is 0 Å². The van der Waals surface area contributed by atoms with Crippen LogP contribution in [0, 0.1) is 0 Å². The van der Waals surface area contributed by atoms with Crippen LogP contribution in [-0.2, 0) is 0 Å². The second-order valence-corrected chi connectivity index (χ2v) is 3.04. The Morgan fingerprint density at radius 3 is 2.56 bits per heavy atom. The molecule has 0 bridgehead atoms. The van der Waals surface area contributed by atoms with E-state index in [9.17, 15) is 0 Å². The highest BCUT2D eigenvalue weighted by Gasteiger charge is 2.02. The Kier molecular flexibility index (Phi) is 4.87. The minimum atomic E-state index is 0.428. The number of allylic oxidation sites excluding steroid dienone is 1. The first-order valence-corrected chi connectivity index (χ1v) is 4.20. The number of alkyl halides is 1. The molecule has 0 aliphatic heterocycles. The van der Waals surface area contributed by atoms with Crippen LogP contribution in [0.1, 0.15) is 20.3 Å². The van der Waals surface area contributed by atoms with Gasteiger partial charge in [0.2, 0.25) is 0 Å². The van der Waals surface area contributed by atoms with Crippen LogP contribution in [-0.4, -0.2) is 11.4 Å². The molecular formula is C7H14BrN. The van der Waals surface area contributed by atoms with E-state index in [1.807, 2.05) is 0 Å². The van der Waals surface area contributed by atoms with E-state index in [4.69, 9.17) is 0 Å². The average molecular weight is 192 g/mol. The maximum absolute atomic E-state index is 3.86.